The molecule has 9 atom stereocenters. The number of carbonyl (C=O) groups is 1. The van der Waals surface area contributed by atoms with Crippen LogP contribution in [-0.4, -0.2) is 25.3 Å². The Labute approximate surface area is 172 Å². The van der Waals surface area contributed by atoms with E-state index in [4.69, 9.17) is 9.47 Å². The summed E-state index contributed by atoms with van der Waals surface area (Å²) < 4.78 is 11.4. The van der Waals surface area contributed by atoms with Crippen molar-refractivity contribution in [2.24, 2.45) is 40.4 Å². The molecule has 0 bridgehead atoms. The lowest BCUT2D eigenvalue weighted by Gasteiger charge is -2.58. The van der Waals surface area contributed by atoms with Gasteiger partial charge in [-0.15, -0.1) is 0 Å². The molecule has 0 spiro atoms. The Kier molecular flexibility index (Phi) is 5.61. The molecule has 5 aliphatic rings. The van der Waals surface area contributed by atoms with Crippen molar-refractivity contribution in [2.45, 2.75) is 104 Å². The van der Waals surface area contributed by atoms with E-state index in [9.17, 15) is 4.79 Å². The first-order valence-electron chi connectivity index (χ1n) is 12.2. The van der Waals surface area contributed by atoms with E-state index in [2.05, 4.69) is 13.8 Å². The Morgan fingerprint density at radius 2 is 1.86 bits per heavy atom. The van der Waals surface area contributed by atoms with Crippen LogP contribution in [0.25, 0.3) is 0 Å². The molecule has 3 heteroatoms. The van der Waals surface area contributed by atoms with Crippen molar-refractivity contribution in [2.75, 3.05) is 7.11 Å². The highest BCUT2D eigenvalue weighted by Gasteiger charge is 2.72. The zero-order chi connectivity index (χ0) is 20.1. The molecule has 0 aromatic rings. The highest BCUT2D eigenvalue weighted by Crippen LogP contribution is 2.72. The second-order valence-corrected chi connectivity index (χ2v) is 10.6. The van der Waals surface area contributed by atoms with Crippen LogP contribution in [0.2, 0.25) is 0 Å². The molecule has 4 saturated carbocycles. The first kappa shape index (κ1) is 20.7. The Balaban J connectivity index is 0.000000932. The standard InChI is InChI=1S/C23H36O3.C2H6/c1-22-13-5-4-6-14(22)7-10-16-17-11-8-15(9-12-18(24)25-3)23(17,2)21-20(26-21)19(16)22;1-2/h14-17,19-21H,4-13H2,1-3H3;1-2H3. The van der Waals surface area contributed by atoms with Gasteiger partial charge in [-0.2, -0.15) is 0 Å². The summed E-state index contributed by atoms with van der Waals surface area (Å²) in [5.74, 6) is 4.03. The summed E-state index contributed by atoms with van der Waals surface area (Å²) in [6.45, 7) is 9.14. The molecular formula is C25H42O3. The van der Waals surface area contributed by atoms with Gasteiger partial charge in [-0.25, -0.2) is 0 Å². The number of methoxy groups -OCH3 is 1. The number of ether oxygens (including phenoxy) is 2. The highest BCUT2D eigenvalue weighted by molar-refractivity contribution is 5.69. The molecule has 0 aromatic heterocycles. The van der Waals surface area contributed by atoms with Gasteiger partial charge in [0.05, 0.1) is 19.3 Å². The first-order chi connectivity index (χ1) is 13.5. The van der Waals surface area contributed by atoms with Gasteiger partial charge in [-0.3, -0.25) is 4.79 Å². The van der Waals surface area contributed by atoms with E-state index in [1.54, 1.807) is 0 Å². The summed E-state index contributed by atoms with van der Waals surface area (Å²) in [4.78, 5) is 11.7. The predicted octanol–water partition coefficient (Wildman–Crippen LogP) is 6.00. The van der Waals surface area contributed by atoms with Crippen LogP contribution in [0.3, 0.4) is 0 Å². The predicted molar refractivity (Wildman–Crippen MR) is 112 cm³/mol. The first-order valence-corrected chi connectivity index (χ1v) is 12.2. The van der Waals surface area contributed by atoms with E-state index < -0.39 is 0 Å². The fourth-order valence-electron chi connectivity index (χ4n) is 8.65. The van der Waals surface area contributed by atoms with Crippen molar-refractivity contribution in [3.8, 4) is 0 Å². The van der Waals surface area contributed by atoms with Gasteiger partial charge in [0.2, 0.25) is 0 Å². The Morgan fingerprint density at radius 1 is 1.07 bits per heavy atom. The minimum absolute atomic E-state index is 0.0470. The van der Waals surface area contributed by atoms with Crippen LogP contribution in [-0.2, 0) is 14.3 Å². The Hall–Kier alpha value is -0.570. The van der Waals surface area contributed by atoms with Crippen LogP contribution in [0, 0.1) is 40.4 Å². The Morgan fingerprint density at radius 3 is 2.61 bits per heavy atom. The molecular weight excluding hydrogens is 348 g/mol. The van der Waals surface area contributed by atoms with Crippen molar-refractivity contribution in [3.05, 3.63) is 0 Å². The normalized spacial score (nSPS) is 50.8. The molecule has 5 rings (SSSR count). The smallest absolute Gasteiger partial charge is 0.305 e. The summed E-state index contributed by atoms with van der Waals surface area (Å²) in [6.07, 6.45) is 13.9. The van der Waals surface area contributed by atoms with Crippen LogP contribution >= 0.6 is 0 Å². The molecule has 5 fully saturated rings. The maximum Gasteiger partial charge on any atom is 0.305 e. The monoisotopic (exact) mass is 390 g/mol. The number of carbonyl (C=O) groups excluding carboxylic acids is 1. The summed E-state index contributed by atoms with van der Waals surface area (Å²) in [5.41, 5.74) is 0.837. The van der Waals surface area contributed by atoms with Gasteiger partial charge in [-0.05, 0) is 80.0 Å². The summed E-state index contributed by atoms with van der Waals surface area (Å²) in [7, 11) is 1.51. The second-order valence-electron chi connectivity index (χ2n) is 10.6. The lowest BCUT2D eigenvalue weighted by Crippen LogP contribution is -2.56. The van der Waals surface area contributed by atoms with Gasteiger partial charge >= 0.3 is 5.97 Å². The van der Waals surface area contributed by atoms with Crippen LogP contribution in [0.15, 0.2) is 0 Å². The molecule has 1 heterocycles. The van der Waals surface area contributed by atoms with Gasteiger partial charge < -0.3 is 9.47 Å². The molecule has 9 unspecified atom stereocenters. The van der Waals surface area contributed by atoms with Gasteiger partial charge in [-0.1, -0.05) is 40.5 Å². The van der Waals surface area contributed by atoms with Crippen molar-refractivity contribution in [1.29, 1.82) is 0 Å². The van der Waals surface area contributed by atoms with Gasteiger partial charge in [0.15, 0.2) is 0 Å². The van der Waals surface area contributed by atoms with Gasteiger partial charge in [0.1, 0.15) is 0 Å². The van der Waals surface area contributed by atoms with Crippen molar-refractivity contribution >= 4 is 5.97 Å². The zero-order valence-electron chi connectivity index (χ0n) is 18.8. The van der Waals surface area contributed by atoms with Crippen LogP contribution < -0.4 is 0 Å². The van der Waals surface area contributed by atoms with E-state index >= 15 is 0 Å². The highest BCUT2D eigenvalue weighted by atomic mass is 16.6. The van der Waals surface area contributed by atoms with Crippen molar-refractivity contribution < 1.29 is 14.3 Å². The van der Waals surface area contributed by atoms with E-state index in [1.807, 2.05) is 13.8 Å². The minimum Gasteiger partial charge on any atom is -0.469 e. The van der Waals surface area contributed by atoms with Crippen molar-refractivity contribution in [3.63, 3.8) is 0 Å². The molecule has 3 nitrogen and oxygen atoms in total. The number of fused-ring (bicyclic) bond motifs is 8. The summed E-state index contributed by atoms with van der Waals surface area (Å²) in [6, 6.07) is 0. The molecule has 28 heavy (non-hydrogen) atoms. The second kappa shape index (κ2) is 7.60. The van der Waals surface area contributed by atoms with E-state index in [0.717, 1.165) is 30.1 Å². The molecule has 160 valence electrons. The van der Waals surface area contributed by atoms with Crippen LogP contribution in [0.1, 0.15) is 91.9 Å². The third-order valence-electron chi connectivity index (χ3n) is 9.96. The third-order valence-corrected chi connectivity index (χ3v) is 9.96. The fraction of sp³-hybridized carbons (Fsp3) is 0.960. The molecule has 1 aliphatic heterocycles. The van der Waals surface area contributed by atoms with Crippen molar-refractivity contribution in [1.82, 2.24) is 0 Å². The number of rotatable bonds is 3. The molecule has 0 amide bonds. The number of hydrogen-bond donors (Lipinski definition) is 0. The average Bonchev–Trinajstić information content (AvgIpc) is 3.44. The largest absolute Gasteiger partial charge is 0.469 e. The average molecular weight is 391 g/mol. The van der Waals surface area contributed by atoms with Crippen LogP contribution in [0.5, 0.6) is 0 Å². The quantitative estimate of drug-likeness (QED) is 0.438. The lowest BCUT2D eigenvalue weighted by molar-refractivity contribution is -0.141. The fourth-order valence-corrected chi connectivity index (χ4v) is 8.65. The number of esters is 1. The number of epoxide rings is 1. The van der Waals surface area contributed by atoms with E-state index in [1.165, 1.54) is 58.5 Å². The van der Waals surface area contributed by atoms with E-state index in [0.29, 0.717) is 35.4 Å². The van der Waals surface area contributed by atoms with E-state index in [-0.39, 0.29) is 5.97 Å². The molecule has 0 radical (unpaired) electrons. The third kappa shape index (κ3) is 2.89. The molecule has 0 aromatic carbocycles. The Bertz CT molecular complexity index is 588. The molecule has 4 aliphatic carbocycles. The minimum atomic E-state index is -0.0470. The SMILES string of the molecule is CC.COC(=O)CCC1CCC2C3CCC4CCCCC4(C)C3C3OC3C12C. The number of hydrogen-bond acceptors (Lipinski definition) is 3. The summed E-state index contributed by atoms with van der Waals surface area (Å²) in [5, 5.41) is 0. The maximum absolute atomic E-state index is 11.7. The van der Waals surface area contributed by atoms with Gasteiger partial charge in [0, 0.05) is 11.8 Å². The maximum atomic E-state index is 11.7. The molecule has 1 saturated heterocycles. The van der Waals surface area contributed by atoms with Crippen LogP contribution in [0.4, 0.5) is 0 Å². The van der Waals surface area contributed by atoms with Gasteiger partial charge in [0.25, 0.3) is 0 Å². The summed E-state index contributed by atoms with van der Waals surface area (Å²) >= 11 is 0. The lowest BCUT2D eigenvalue weighted by atomic mass is 9.45. The topological polar surface area (TPSA) is 38.8 Å². The zero-order valence-corrected chi connectivity index (χ0v) is 18.8. The molecule has 0 N–H and O–H groups in total.